The first kappa shape index (κ1) is 17.4. The first-order valence-corrected chi connectivity index (χ1v) is 8.36. The van der Waals surface area contributed by atoms with E-state index in [0.29, 0.717) is 23.8 Å². The van der Waals surface area contributed by atoms with Crippen molar-refractivity contribution in [3.63, 3.8) is 0 Å². The van der Waals surface area contributed by atoms with Crippen LogP contribution in [0.1, 0.15) is 22.8 Å². The summed E-state index contributed by atoms with van der Waals surface area (Å²) >= 11 is 0. The van der Waals surface area contributed by atoms with Crippen LogP contribution in [0.2, 0.25) is 0 Å². The van der Waals surface area contributed by atoms with Gasteiger partial charge >= 0.3 is 0 Å². The number of hydrogen-bond donors (Lipinski definition) is 2. The van der Waals surface area contributed by atoms with E-state index in [1.54, 1.807) is 24.3 Å². The van der Waals surface area contributed by atoms with Crippen molar-refractivity contribution < 1.29 is 9.53 Å². The number of anilines is 3. The lowest BCUT2D eigenvalue weighted by Crippen LogP contribution is -2.13. The van der Waals surface area contributed by atoms with E-state index < -0.39 is 0 Å². The first-order chi connectivity index (χ1) is 12.7. The molecular weight excluding hydrogens is 328 g/mol. The highest BCUT2D eigenvalue weighted by molar-refractivity contribution is 6.03. The Balaban J connectivity index is 1.67. The topological polar surface area (TPSA) is 76.1 Å². The number of para-hydroxylation sites is 2. The Hall–Kier alpha value is -3.41. The molecule has 0 aliphatic heterocycles. The number of nitrogens with one attached hydrogen (secondary N) is 2. The lowest BCUT2D eigenvalue weighted by atomic mass is 10.1. The molecule has 2 aromatic carbocycles. The number of benzene rings is 2. The van der Waals surface area contributed by atoms with Crippen molar-refractivity contribution in [2.45, 2.75) is 13.8 Å². The summed E-state index contributed by atoms with van der Waals surface area (Å²) in [6, 6.07) is 18.4. The molecular formula is C20H20N4O2. The molecule has 0 saturated heterocycles. The normalized spacial score (nSPS) is 10.2. The van der Waals surface area contributed by atoms with Crippen molar-refractivity contribution in [3.8, 4) is 5.75 Å². The largest absolute Gasteiger partial charge is 0.492 e. The van der Waals surface area contributed by atoms with Gasteiger partial charge in [0.1, 0.15) is 5.75 Å². The quantitative estimate of drug-likeness (QED) is 0.699. The van der Waals surface area contributed by atoms with Gasteiger partial charge in [0.25, 0.3) is 5.91 Å². The van der Waals surface area contributed by atoms with Crippen molar-refractivity contribution in [1.29, 1.82) is 0 Å². The Morgan fingerprint density at radius 3 is 2.35 bits per heavy atom. The number of carbonyl (C=O) groups is 1. The van der Waals surface area contributed by atoms with Gasteiger partial charge in [0, 0.05) is 5.56 Å². The zero-order valence-corrected chi connectivity index (χ0v) is 14.7. The van der Waals surface area contributed by atoms with Gasteiger partial charge in [-0.2, -0.15) is 0 Å². The number of hydrogen-bond acceptors (Lipinski definition) is 5. The maximum atomic E-state index is 12.2. The number of nitrogens with zero attached hydrogens (tertiary/aromatic N) is 2. The molecule has 0 aliphatic carbocycles. The average molecular weight is 348 g/mol. The van der Waals surface area contributed by atoms with Crippen LogP contribution in [0.15, 0.2) is 60.7 Å². The van der Waals surface area contributed by atoms with Gasteiger partial charge in [0.15, 0.2) is 11.6 Å². The van der Waals surface area contributed by atoms with Crippen molar-refractivity contribution in [2.75, 3.05) is 17.2 Å². The molecule has 6 nitrogen and oxygen atoms in total. The summed E-state index contributed by atoms with van der Waals surface area (Å²) in [7, 11) is 0. The molecule has 0 aliphatic rings. The van der Waals surface area contributed by atoms with Gasteiger partial charge in [0.2, 0.25) is 0 Å². The average Bonchev–Trinajstić information content (AvgIpc) is 2.65. The van der Waals surface area contributed by atoms with E-state index in [9.17, 15) is 4.79 Å². The fourth-order valence-electron chi connectivity index (χ4n) is 2.35. The molecule has 1 aromatic heterocycles. The summed E-state index contributed by atoms with van der Waals surface area (Å²) in [6.45, 7) is 4.49. The first-order valence-electron chi connectivity index (χ1n) is 8.36. The van der Waals surface area contributed by atoms with Gasteiger partial charge in [-0.15, -0.1) is 10.2 Å². The molecule has 0 radical (unpaired) electrons. The molecule has 1 heterocycles. The molecule has 0 bridgehead atoms. The minimum atomic E-state index is -0.221. The second-order valence-corrected chi connectivity index (χ2v) is 5.68. The van der Waals surface area contributed by atoms with E-state index in [4.69, 9.17) is 4.74 Å². The Kier molecular flexibility index (Phi) is 5.43. The monoisotopic (exact) mass is 348 g/mol. The standard InChI is InChI=1S/C20H20N4O2/c1-3-26-17-7-5-4-6-16(17)21-18-12-13-19(24-23-18)22-20(25)15-10-8-14(2)9-11-15/h4-13H,3H2,1-2H3,(H,21,23)(H,22,24,25). The molecule has 0 fully saturated rings. The maximum Gasteiger partial charge on any atom is 0.256 e. The van der Waals surface area contributed by atoms with Crippen molar-refractivity contribution >= 4 is 23.2 Å². The van der Waals surface area contributed by atoms with Gasteiger partial charge in [-0.25, -0.2) is 0 Å². The summed E-state index contributed by atoms with van der Waals surface area (Å²) in [5.74, 6) is 1.47. The predicted octanol–water partition coefficient (Wildman–Crippen LogP) is 4.18. The lowest BCUT2D eigenvalue weighted by Gasteiger charge is -2.11. The van der Waals surface area contributed by atoms with Crippen molar-refractivity contribution in [3.05, 3.63) is 71.8 Å². The molecule has 3 rings (SSSR count). The van der Waals surface area contributed by atoms with E-state index in [1.807, 2.05) is 50.2 Å². The molecule has 3 aromatic rings. The molecule has 132 valence electrons. The SMILES string of the molecule is CCOc1ccccc1Nc1ccc(NC(=O)c2ccc(C)cc2)nn1. The van der Waals surface area contributed by atoms with E-state index in [2.05, 4.69) is 20.8 Å². The zero-order valence-electron chi connectivity index (χ0n) is 14.7. The predicted molar refractivity (Wildman–Crippen MR) is 102 cm³/mol. The number of carbonyl (C=O) groups excluding carboxylic acids is 1. The number of aromatic nitrogens is 2. The number of amides is 1. The van der Waals surface area contributed by atoms with E-state index >= 15 is 0 Å². The van der Waals surface area contributed by atoms with E-state index in [0.717, 1.165) is 17.0 Å². The van der Waals surface area contributed by atoms with Gasteiger partial charge in [-0.1, -0.05) is 29.8 Å². The maximum absolute atomic E-state index is 12.2. The zero-order chi connectivity index (χ0) is 18.4. The van der Waals surface area contributed by atoms with Crippen LogP contribution >= 0.6 is 0 Å². The molecule has 1 amide bonds. The number of ether oxygens (including phenoxy) is 1. The number of rotatable bonds is 6. The van der Waals surface area contributed by atoms with E-state index in [-0.39, 0.29) is 5.91 Å². The summed E-state index contributed by atoms with van der Waals surface area (Å²) in [5, 5.41) is 14.1. The molecule has 6 heteroatoms. The van der Waals surface area contributed by atoms with Crippen molar-refractivity contribution in [1.82, 2.24) is 10.2 Å². The third-order valence-electron chi connectivity index (χ3n) is 3.67. The Morgan fingerprint density at radius 1 is 0.962 bits per heavy atom. The van der Waals surface area contributed by atoms with Crippen LogP contribution in [0.3, 0.4) is 0 Å². The van der Waals surface area contributed by atoms with Crippen LogP contribution in [-0.4, -0.2) is 22.7 Å². The Morgan fingerprint density at radius 2 is 1.65 bits per heavy atom. The Bertz CT molecular complexity index is 877. The van der Waals surface area contributed by atoms with Crippen molar-refractivity contribution in [2.24, 2.45) is 0 Å². The van der Waals surface area contributed by atoms with Gasteiger partial charge in [-0.3, -0.25) is 4.79 Å². The highest BCUT2D eigenvalue weighted by atomic mass is 16.5. The highest BCUT2D eigenvalue weighted by Gasteiger charge is 2.08. The van der Waals surface area contributed by atoms with Crippen LogP contribution in [0.25, 0.3) is 0 Å². The molecule has 0 spiro atoms. The molecule has 0 saturated carbocycles. The number of aryl methyl sites for hydroxylation is 1. The molecule has 0 atom stereocenters. The van der Waals surface area contributed by atoms with Crippen LogP contribution in [0, 0.1) is 6.92 Å². The van der Waals surface area contributed by atoms with Gasteiger partial charge < -0.3 is 15.4 Å². The molecule has 2 N–H and O–H groups in total. The summed E-state index contributed by atoms with van der Waals surface area (Å²) in [4.78, 5) is 12.2. The molecule has 26 heavy (non-hydrogen) atoms. The fraction of sp³-hybridized carbons (Fsp3) is 0.150. The molecule has 0 unspecified atom stereocenters. The minimum Gasteiger partial charge on any atom is -0.492 e. The van der Waals surface area contributed by atoms with E-state index in [1.165, 1.54) is 0 Å². The summed E-state index contributed by atoms with van der Waals surface area (Å²) in [6.07, 6.45) is 0. The summed E-state index contributed by atoms with van der Waals surface area (Å²) < 4.78 is 5.58. The van der Waals surface area contributed by atoms with Crippen LogP contribution in [0.5, 0.6) is 5.75 Å². The summed E-state index contributed by atoms with van der Waals surface area (Å²) in [5.41, 5.74) is 2.48. The third-order valence-corrected chi connectivity index (χ3v) is 3.67. The lowest BCUT2D eigenvalue weighted by molar-refractivity contribution is 0.102. The Labute approximate surface area is 152 Å². The van der Waals surface area contributed by atoms with Gasteiger partial charge in [-0.05, 0) is 50.2 Å². The second-order valence-electron chi connectivity index (χ2n) is 5.68. The van der Waals surface area contributed by atoms with Crippen LogP contribution in [0.4, 0.5) is 17.3 Å². The van der Waals surface area contributed by atoms with Crippen LogP contribution in [-0.2, 0) is 0 Å². The van der Waals surface area contributed by atoms with Crippen LogP contribution < -0.4 is 15.4 Å². The second kappa shape index (κ2) is 8.11. The smallest absolute Gasteiger partial charge is 0.256 e. The fourth-order valence-corrected chi connectivity index (χ4v) is 2.35. The highest BCUT2D eigenvalue weighted by Crippen LogP contribution is 2.26. The minimum absolute atomic E-state index is 0.221. The van der Waals surface area contributed by atoms with Gasteiger partial charge in [0.05, 0.1) is 12.3 Å². The third kappa shape index (κ3) is 4.36.